The first kappa shape index (κ1) is 23.3. The average molecular weight is 514 g/mol. The van der Waals surface area contributed by atoms with E-state index in [4.69, 9.17) is 4.98 Å². The minimum absolute atomic E-state index is 0.0813. The molecule has 0 radical (unpaired) electrons. The summed E-state index contributed by atoms with van der Waals surface area (Å²) in [4.78, 5) is 33.4. The van der Waals surface area contributed by atoms with Crippen molar-refractivity contribution in [1.82, 2.24) is 34.6 Å². The maximum atomic E-state index is 13.4. The molecule has 1 aliphatic rings. The number of nitrogens with one attached hydrogen (secondary N) is 2. The molecule has 5 heterocycles. The summed E-state index contributed by atoms with van der Waals surface area (Å²) in [5.74, 6) is 1.14. The van der Waals surface area contributed by atoms with Crippen LogP contribution in [0.1, 0.15) is 6.92 Å². The predicted molar refractivity (Wildman–Crippen MR) is 148 cm³/mol. The second-order valence-electron chi connectivity index (χ2n) is 9.04. The molecule has 1 aliphatic heterocycles. The minimum Gasteiger partial charge on any atom is -0.369 e. The number of piperazine rings is 1. The number of hydrogen-bond acceptors (Lipinski definition) is 9. The van der Waals surface area contributed by atoms with Crippen LogP contribution in [-0.4, -0.2) is 67.8 Å². The molecule has 1 saturated heterocycles. The Morgan fingerprint density at radius 2 is 1.81 bits per heavy atom. The van der Waals surface area contributed by atoms with Crippen LogP contribution < -0.4 is 15.8 Å². The number of thiophene rings is 1. The molecular formula is C26H27N9OS. The predicted octanol–water partition coefficient (Wildman–Crippen LogP) is 3.82. The van der Waals surface area contributed by atoms with Gasteiger partial charge in [-0.25, -0.2) is 9.97 Å². The van der Waals surface area contributed by atoms with Gasteiger partial charge in [-0.2, -0.15) is 10.1 Å². The SMILES string of the molecule is CCn1c(=O)c(-c2ccc(-c3ncn[nH]3)s2)cc2cnc(Nc3ccc(N4CCN(C)CC4)cc3)nc21. The molecular weight excluding hydrogens is 486 g/mol. The molecule has 37 heavy (non-hydrogen) atoms. The van der Waals surface area contributed by atoms with Crippen LogP contribution in [-0.2, 0) is 6.54 Å². The van der Waals surface area contributed by atoms with Crippen molar-refractivity contribution in [3.63, 3.8) is 0 Å². The third-order valence-corrected chi connectivity index (χ3v) is 7.78. The molecule has 0 aliphatic carbocycles. The Balaban J connectivity index is 1.27. The van der Waals surface area contributed by atoms with Gasteiger partial charge in [0.2, 0.25) is 5.95 Å². The summed E-state index contributed by atoms with van der Waals surface area (Å²) < 4.78 is 1.70. The van der Waals surface area contributed by atoms with E-state index in [2.05, 4.69) is 54.5 Å². The first-order valence-electron chi connectivity index (χ1n) is 12.3. The maximum absolute atomic E-state index is 13.4. The molecule has 0 unspecified atom stereocenters. The summed E-state index contributed by atoms with van der Waals surface area (Å²) in [5.41, 5.74) is 3.26. The zero-order valence-electron chi connectivity index (χ0n) is 20.7. The van der Waals surface area contributed by atoms with E-state index in [0.717, 1.165) is 47.0 Å². The molecule has 0 spiro atoms. The first-order chi connectivity index (χ1) is 18.1. The van der Waals surface area contributed by atoms with Gasteiger partial charge in [0.15, 0.2) is 5.82 Å². The largest absolute Gasteiger partial charge is 0.369 e. The van der Waals surface area contributed by atoms with Gasteiger partial charge in [0.1, 0.15) is 12.0 Å². The standard InChI is InChI=1S/C26H27N9OS/c1-3-35-24-17(14-20(25(35)36)21-8-9-22(37-21)23-28-16-29-32-23)15-27-26(31-24)30-18-4-6-19(7-5-18)34-12-10-33(2)11-13-34/h4-9,14-16H,3,10-13H2,1-2H3,(H,27,30,31)(H,28,29,32). The molecule has 188 valence electrons. The van der Waals surface area contributed by atoms with E-state index in [0.29, 0.717) is 29.5 Å². The smallest absolute Gasteiger partial charge is 0.260 e. The van der Waals surface area contributed by atoms with Crippen molar-refractivity contribution in [2.45, 2.75) is 13.5 Å². The molecule has 11 heteroatoms. The monoisotopic (exact) mass is 513 g/mol. The number of nitrogens with zero attached hydrogens (tertiary/aromatic N) is 7. The van der Waals surface area contributed by atoms with Crippen molar-refractivity contribution in [2.24, 2.45) is 0 Å². The third kappa shape index (κ3) is 4.58. The van der Waals surface area contributed by atoms with Crippen molar-refractivity contribution >= 4 is 39.7 Å². The average Bonchev–Trinajstić information content (AvgIpc) is 3.62. The Bertz CT molecular complexity index is 1580. The first-order valence-corrected chi connectivity index (χ1v) is 13.1. The van der Waals surface area contributed by atoms with E-state index in [1.165, 1.54) is 23.4 Å². The Morgan fingerprint density at radius 1 is 1.03 bits per heavy atom. The Kier molecular flexibility index (Phi) is 6.15. The lowest BCUT2D eigenvalue weighted by Gasteiger charge is -2.34. The van der Waals surface area contributed by atoms with Gasteiger partial charge in [-0.3, -0.25) is 14.5 Å². The number of aromatic nitrogens is 6. The van der Waals surface area contributed by atoms with E-state index in [1.807, 2.05) is 37.3 Å². The van der Waals surface area contributed by atoms with Gasteiger partial charge in [0, 0.05) is 60.6 Å². The number of aryl methyl sites for hydroxylation is 1. The number of pyridine rings is 1. The topological polar surface area (TPSA) is 108 Å². The number of rotatable bonds is 6. The highest BCUT2D eigenvalue weighted by molar-refractivity contribution is 7.18. The Morgan fingerprint density at radius 3 is 2.54 bits per heavy atom. The fraction of sp³-hybridized carbons (Fsp3) is 0.269. The van der Waals surface area contributed by atoms with Crippen LogP contribution in [0.25, 0.3) is 32.2 Å². The molecule has 10 nitrogen and oxygen atoms in total. The number of fused-ring (bicyclic) bond motifs is 1. The van der Waals surface area contributed by atoms with Crippen LogP contribution in [0.2, 0.25) is 0 Å². The van der Waals surface area contributed by atoms with E-state index in [9.17, 15) is 4.79 Å². The lowest BCUT2D eigenvalue weighted by Crippen LogP contribution is -2.44. The summed E-state index contributed by atoms with van der Waals surface area (Å²) in [6.07, 6.45) is 3.24. The van der Waals surface area contributed by atoms with Crippen molar-refractivity contribution in [3.05, 3.63) is 65.3 Å². The molecule has 2 N–H and O–H groups in total. The number of H-pyrrole nitrogens is 1. The molecule has 5 aromatic rings. The lowest BCUT2D eigenvalue weighted by atomic mass is 10.2. The molecule has 0 bridgehead atoms. The summed E-state index contributed by atoms with van der Waals surface area (Å²) in [7, 11) is 2.16. The molecule has 1 fully saturated rings. The summed E-state index contributed by atoms with van der Waals surface area (Å²) in [6.45, 7) is 6.65. The van der Waals surface area contributed by atoms with E-state index >= 15 is 0 Å². The van der Waals surface area contributed by atoms with Crippen molar-refractivity contribution in [2.75, 3.05) is 43.4 Å². The van der Waals surface area contributed by atoms with Crippen LogP contribution in [0.15, 0.2) is 59.8 Å². The maximum Gasteiger partial charge on any atom is 0.260 e. The summed E-state index contributed by atoms with van der Waals surface area (Å²) in [5, 5.41) is 10.9. The van der Waals surface area contributed by atoms with E-state index in [1.54, 1.807) is 10.8 Å². The van der Waals surface area contributed by atoms with E-state index < -0.39 is 0 Å². The minimum atomic E-state index is -0.0813. The van der Waals surface area contributed by atoms with Crippen molar-refractivity contribution < 1.29 is 0 Å². The quantitative estimate of drug-likeness (QED) is 0.353. The van der Waals surface area contributed by atoms with Crippen LogP contribution in [0.5, 0.6) is 0 Å². The zero-order valence-corrected chi connectivity index (χ0v) is 21.5. The number of aromatic amines is 1. The van der Waals surface area contributed by atoms with Gasteiger partial charge in [-0.05, 0) is 56.4 Å². The molecule has 4 aromatic heterocycles. The highest BCUT2D eigenvalue weighted by Gasteiger charge is 2.16. The second-order valence-corrected chi connectivity index (χ2v) is 10.1. The highest BCUT2D eigenvalue weighted by Crippen LogP contribution is 2.32. The van der Waals surface area contributed by atoms with Crippen molar-refractivity contribution in [1.29, 1.82) is 0 Å². The fourth-order valence-electron chi connectivity index (χ4n) is 4.57. The Labute approximate surface area is 217 Å². The second kappa shape index (κ2) is 9.75. The van der Waals surface area contributed by atoms with E-state index in [-0.39, 0.29) is 5.56 Å². The van der Waals surface area contributed by atoms with Crippen LogP contribution >= 0.6 is 11.3 Å². The molecule has 0 atom stereocenters. The number of hydrogen-bond donors (Lipinski definition) is 2. The fourth-order valence-corrected chi connectivity index (χ4v) is 5.53. The van der Waals surface area contributed by atoms with Gasteiger partial charge in [0.25, 0.3) is 5.56 Å². The number of anilines is 3. The van der Waals surface area contributed by atoms with Crippen molar-refractivity contribution in [3.8, 4) is 21.1 Å². The normalized spacial score (nSPS) is 14.4. The zero-order chi connectivity index (χ0) is 25.4. The lowest BCUT2D eigenvalue weighted by molar-refractivity contribution is 0.313. The van der Waals surface area contributed by atoms with Gasteiger partial charge in [0.05, 0.1) is 10.4 Å². The number of benzene rings is 1. The van der Waals surface area contributed by atoms with Gasteiger partial charge in [-0.15, -0.1) is 11.3 Å². The van der Waals surface area contributed by atoms with Gasteiger partial charge < -0.3 is 15.1 Å². The summed E-state index contributed by atoms with van der Waals surface area (Å²) in [6, 6.07) is 14.1. The highest BCUT2D eigenvalue weighted by atomic mass is 32.1. The molecule has 6 rings (SSSR count). The summed E-state index contributed by atoms with van der Waals surface area (Å²) >= 11 is 1.50. The number of likely N-dealkylation sites (N-methyl/N-ethyl adjacent to an activating group) is 1. The molecule has 1 aromatic carbocycles. The van der Waals surface area contributed by atoms with Crippen LogP contribution in [0.4, 0.5) is 17.3 Å². The van der Waals surface area contributed by atoms with Crippen LogP contribution in [0.3, 0.4) is 0 Å². The van der Waals surface area contributed by atoms with Gasteiger partial charge in [-0.1, -0.05) is 0 Å². The Hall–Kier alpha value is -4.09. The van der Waals surface area contributed by atoms with Gasteiger partial charge >= 0.3 is 0 Å². The van der Waals surface area contributed by atoms with Crippen LogP contribution in [0, 0.1) is 0 Å². The molecule has 0 amide bonds. The third-order valence-electron chi connectivity index (χ3n) is 6.65. The molecule has 0 saturated carbocycles.